The number of aromatic amines is 1. The average molecular weight is 286 g/mol. The maximum atomic E-state index is 11.7. The molecule has 5 heteroatoms. The second-order valence-electron chi connectivity index (χ2n) is 5.72. The van der Waals surface area contributed by atoms with Crippen LogP contribution in [0.5, 0.6) is 0 Å². The zero-order valence-electron chi connectivity index (χ0n) is 12.4. The number of H-pyrrole nitrogens is 1. The van der Waals surface area contributed by atoms with Crippen LogP contribution in [0.15, 0.2) is 18.2 Å². The van der Waals surface area contributed by atoms with Crippen molar-refractivity contribution < 1.29 is 4.79 Å². The molecule has 1 heterocycles. The van der Waals surface area contributed by atoms with Gasteiger partial charge >= 0.3 is 6.03 Å². The number of rotatable bonds is 4. The highest BCUT2D eigenvalue weighted by molar-refractivity contribution is 5.91. The molecule has 0 aliphatic heterocycles. The quantitative estimate of drug-likeness (QED) is 0.801. The van der Waals surface area contributed by atoms with E-state index in [9.17, 15) is 4.79 Å². The highest BCUT2D eigenvalue weighted by Crippen LogP contribution is 2.33. The molecule has 0 bridgehead atoms. The number of urea groups is 1. The standard InChI is InChI=1S/C16H22N4O/c1-2-9-17-16(21)18-12-7-8-13-14(10-12)20-15(19-13)11-5-3-4-6-11/h7-8,10-11H,2-6,9H2,1H3,(H,19,20)(H2,17,18,21). The van der Waals surface area contributed by atoms with E-state index < -0.39 is 0 Å². The highest BCUT2D eigenvalue weighted by atomic mass is 16.2. The molecule has 1 aromatic carbocycles. The van der Waals surface area contributed by atoms with E-state index in [0.29, 0.717) is 12.5 Å². The van der Waals surface area contributed by atoms with Crippen molar-refractivity contribution in [1.82, 2.24) is 15.3 Å². The number of aromatic nitrogens is 2. The minimum absolute atomic E-state index is 0.160. The van der Waals surface area contributed by atoms with Crippen LogP contribution < -0.4 is 10.6 Å². The zero-order chi connectivity index (χ0) is 14.7. The molecule has 21 heavy (non-hydrogen) atoms. The van der Waals surface area contributed by atoms with Crippen molar-refractivity contribution in [3.8, 4) is 0 Å². The first-order chi connectivity index (χ1) is 10.3. The van der Waals surface area contributed by atoms with Gasteiger partial charge < -0.3 is 15.6 Å². The van der Waals surface area contributed by atoms with Crippen molar-refractivity contribution in [1.29, 1.82) is 0 Å². The molecule has 5 nitrogen and oxygen atoms in total. The van der Waals surface area contributed by atoms with Crippen LogP contribution in [0.1, 0.15) is 50.8 Å². The monoisotopic (exact) mass is 286 g/mol. The summed E-state index contributed by atoms with van der Waals surface area (Å²) in [5, 5.41) is 5.65. The van der Waals surface area contributed by atoms with E-state index in [1.165, 1.54) is 25.7 Å². The molecule has 0 unspecified atom stereocenters. The zero-order valence-corrected chi connectivity index (χ0v) is 12.4. The molecule has 0 saturated heterocycles. The fraction of sp³-hybridized carbons (Fsp3) is 0.500. The Morgan fingerprint density at radius 1 is 1.38 bits per heavy atom. The van der Waals surface area contributed by atoms with Gasteiger partial charge in [0.2, 0.25) is 0 Å². The lowest BCUT2D eigenvalue weighted by molar-refractivity contribution is 0.252. The normalized spacial score (nSPS) is 15.5. The SMILES string of the molecule is CCCNC(=O)Nc1ccc2nc(C3CCCC3)[nH]c2c1. The second kappa shape index (κ2) is 6.16. The van der Waals surface area contributed by atoms with Crippen molar-refractivity contribution in [2.24, 2.45) is 0 Å². The van der Waals surface area contributed by atoms with Gasteiger partial charge in [-0.1, -0.05) is 19.8 Å². The van der Waals surface area contributed by atoms with Crippen LogP contribution in [0.2, 0.25) is 0 Å². The summed E-state index contributed by atoms with van der Waals surface area (Å²) in [6.45, 7) is 2.71. The van der Waals surface area contributed by atoms with Crippen LogP contribution in [-0.4, -0.2) is 22.5 Å². The number of hydrogen-bond acceptors (Lipinski definition) is 2. The third kappa shape index (κ3) is 3.17. The fourth-order valence-corrected chi connectivity index (χ4v) is 2.91. The van der Waals surface area contributed by atoms with E-state index in [0.717, 1.165) is 29.0 Å². The summed E-state index contributed by atoms with van der Waals surface area (Å²) in [5.74, 6) is 1.66. The van der Waals surface area contributed by atoms with Gasteiger partial charge in [-0.15, -0.1) is 0 Å². The molecular formula is C16H22N4O. The van der Waals surface area contributed by atoms with Crippen molar-refractivity contribution in [2.45, 2.75) is 44.9 Å². The number of amides is 2. The number of carbonyl (C=O) groups excluding carboxylic acids is 1. The maximum Gasteiger partial charge on any atom is 0.319 e. The number of imidazole rings is 1. The van der Waals surface area contributed by atoms with Crippen LogP contribution in [-0.2, 0) is 0 Å². The number of benzene rings is 1. The second-order valence-corrected chi connectivity index (χ2v) is 5.72. The Bertz CT molecular complexity index is 628. The smallest absolute Gasteiger partial charge is 0.319 e. The van der Waals surface area contributed by atoms with Crippen LogP contribution >= 0.6 is 0 Å². The Morgan fingerprint density at radius 3 is 2.95 bits per heavy atom. The molecule has 1 fully saturated rings. The highest BCUT2D eigenvalue weighted by Gasteiger charge is 2.20. The molecule has 3 rings (SSSR count). The van der Waals surface area contributed by atoms with Gasteiger partial charge in [0, 0.05) is 18.2 Å². The van der Waals surface area contributed by atoms with Gasteiger partial charge in [-0.2, -0.15) is 0 Å². The third-order valence-electron chi connectivity index (χ3n) is 4.04. The third-order valence-corrected chi connectivity index (χ3v) is 4.04. The van der Waals surface area contributed by atoms with E-state index in [-0.39, 0.29) is 6.03 Å². The average Bonchev–Trinajstić information content (AvgIpc) is 3.13. The first kappa shape index (κ1) is 13.9. The van der Waals surface area contributed by atoms with E-state index >= 15 is 0 Å². The first-order valence-electron chi connectivity index (χ1n) is 7.81. The number of carbonyl (C=O) groups is 1. The number of anilines is 1. The summed E-state index contributed by atoms with van der Waals surface area (Å²) in [6.07, 6.45) is 5.98. The predicted molar refractivity (Wildman–Crippen MR) is 84.6 cm³/mol. The van der Waals surface area contributed by atoms with Crippen LogP contribution in [0.25, 0.3) is 11.0 Å². The Labute approximate surface area is 124 Å². The lowest BCUT2D eigenvalue weighted by Crippen LogP contribution is -2.29. The van der Waals surface area contributed by atoms with Gasteiger partial charge in [0.1, 0.15) is 5.82 Å². The first-order valence-corrected chi connectivity index (χ1v) is 7.81. The Kier molecular flexibility index (Phi) is 4.08. The molecule has 2 amide bonds. The Morgan fingerprint density at radius 2 is 2.19 bits per heavy atom. The number of fused-ring (bicyclic) bond motifs is 1. The summed E-state index contributed by atoms with van der Waals surface area (Å²) < 4.78 is 0. The molecule has 1 saturated carbocycles. The van der Waals surface area contributed by atoms with Crippen LogP contribution in [0, 0.1) is 0 Å². The van der Waals surface area contributed by atoms with Gasteiger partial charge in [-0.25, -0.2) is 9.78 Å². The van der Waals surface area contributed by atoms with Crippen molar-refractivity contribution >= 4 is 22.8 Å². The van der Waals surface area contributed by atoms with Gasteiger partial charge in [0.15, 0.2) is 0 Å². The Balaban J connectivity index is 1.75. The molecule has 0 atom stereocenters. The van der Waals surface area contributed by atoms with Crippen molar-refractivity contribution in [3.63, 3.8) is 0 Å². The summed E-state index contributed by atoms with van der Waals surface area (Å²) in [6, 6.07) is 5.64. The van der Waals surface area contributed by atoms with Crippen molar-refractivity contribution in [2.75, 3.05) is 11.9 Å². The van der Waals surface area contributed by atoms with Crippen LogP contribution in [0.4, 0.5) is 10.5 Å². The molecule has 3 N–H and O–H groups in total. The van der Waals surface area contributed by atoms with Gasteiger partial charge in [-0.05, 0) is 37.5 Å². The minimum atomic E-state index is -0.160. The minimum Gasteiger partial charge on any atom is -0.342 e. The van der Waals surface area contributed by atoms with Crippen molar-refractivity contribution in [3.05, 3.63) is 24.0 Å². The number of hydrogen-bond donors (Lipinski definition) is 3. The summed E-state index contributed by atoms with van der Waals surface area (Å²) in [5.41, 5.74) is 2.75. The lowest BCUT2D eigenvalue weighted by Gasteiger charge is -2.06. The fourth-order valence-electron chi connectivity index (χ4n) is 2.91. The lowest BCUT2D eigenvalue weighted by atomic mass is 10.1. The maximum absolute atomic E-state index is 11.7. The molecule has 0 spiro atoms. The molecule has 2 aromatic rings. The van der Waals surface area contributed by atoms with E-state index in [1.807, 2.05) is 25.1 Å². The molecule has 112 valence electrons. The molecule has 1 aromatic heterocycles. The largest absolute Gasteiger partial charge is 0.342 e. The molecular weight excluding hydrogens is 264 g/mol. The van der Waals surface area contributed by atoms with Gasteiger partial charge in [0.25, 0.3) is 0 Å². The Hall–Kier alpha value is -2.04. The number of nitrogens with one attached hydrogen (secondary N) is 3. The summed E-state index contributed by atoms with van der Waals surface area (Å²) >= 11 is 0. The molecule has 1 aliphatic carbocycles. The summed E-state index contributed by atoms with van der Waals surface area (Å²) in [4.78, 5) is 19.8. The predicted octanol–water partition coefficient (Wildman–Crippen LogP) is 3.75. The van der Waals surface area contributed by atoms with E-state index in [1.54, 1.807) is 0 Å². The van der Waals surface area contributed by atoms with Gasteiger partial charge in [-0.3, -0.25) is 0 Å². The van der Waals surface area contributed by atoms with Gasteiger partial charge in [0.05, 0.1) is 11.0 Å². The topological polar surface area (TPSA) is 69.8 Å². The molecule has 0 radical (unpaired) electrons. The summed E-state index contributed by atoms with van der Waals surface area (Å²) in [7, 11) is 0. The van der Waals surface area contributed by atoms with E-state index in [2.05, 4.69) is 20.6 Å². The molecule has 1 aliphatic rings. The number of nitrogens with zero attached hydrogens (tertiary/aromatic N) is 1. The van der Waals surface area contributed by atoms with Crippen LogP contribution in [0.3, 0.4) is 0 Å². The van der Waals surface area contributed by atoms with E-state index in [4.69, 9.17) is 0 Å².